The Kier molecular flexibility index (Phi) is 11.3. The van der Waals surface area contributed by atoms with Crippen molar-refractivity contribution in [3.05, 3.63) is 47.5 Å². The van der Waals surface area contributed by atoms with Crippen LogP contribution >= 0.6 is 0 Å². The maximum atomic E-state index is 6.71. The van der Waals surface area contributed by atoms with E-state index >= 15 is 0 Å². The average Bonchev–Trinajstić information content (AvgIpc) is 2.72. The minimum atomic E-state index is 0.172. The van der Waals surface area contributed by atoms with Crippen LogP contribution in [-0.4, -0.2) is 0 Å². The van der Waals surface area contributed by atoms with E-state index in [0.29, 0.717) is 0 Å². The lowest BCUT2D eigenvalue weighted by molar-refractivity contribution is 0.526. The van der Waals surface area contributed by atoms with Gasteiger partial charge in [-0.05, 0) is 34.7 Å². The van der Waals surface area contributed by atoms with Crippen molar-refractivity contribution in [1.82, 2.24) is 0 Å². The Morgan fingerprint density at radius 2 is 1.29 bits per heavy atom. The summed E-state index contributed by atoms with van der Waals surface area (Å²) in [6, 6.07) is 13.5. The van der Waals surface area contributed by atoms with Gasteiger partial charge in [-0.3, -0.25) is 0 Å². The second-order valence-electron chi connectivity index (χ2n) is 8.54. The van der Waals surface area contributed by atoms with E-state index in [-0.39, 0.29) is 6.04 Å². The molecule has 0 saturated heterocycles. The predicted octanol–water partition coefficient (Wildman–Crippen LogP) is 8.49. The summed E-state index contributed by atoms with van der Waals surface area (Å²) in [5.41, 5.74) is 9.58. The smallest absolute Gasteiger partial charge is 0.0303 e. The SMILES string of the molecule is CCCCCCCCCCCCCC(N)c1c(CCC)ccc2ccccc12. The van der Waals surface area contributed by atoms with Gasteiger partial charge >= 0.3 is 0 Å². The first kappa shape index (κ1) is 22.9. The minimum absolute atomic E-state index is 0.172. The van der Waals surface area contributed by atoms with Crippen LogP contribution in [0.1, 0.15) is 114 Å². The lowest BCUT2D eigenvalue weighted by Crippen LogP contribution is -2.13. The molecule has 0 bridgehead atoms. The molecule has 2 rings (SSSR count). The summed E-state index contributed by atoms with van der Waals surface area (Å²) in [5.74, 6) is 0. The van der Waals surface area contributed by atoms with Crippen molar-refractivity contribution in [3.8, 4) is 0 Å². The van der Waals surface area contributed by atoms with Gasteiger partial charge < -0.3 is 5.73 Å². The van der Waals surface area contributed by atoms with Crippen LogP contribution in [-0.2, 0) is 6.42 Å². The van der Waals surface area contributed by atoms with Gasteiger partial charge in [0.2, 0.25) is 0 Å². The zero-order chi connectivity index (χ0) is 20.0. The molecule has 28 heavy (non-hydrogen) atoms. The molecule has 0 fully saturated rings. The Labute approximate surface area is 174 Å². The van der Waals surface area contributed by atoms with Crippen molar-refractivity contribution in [2.45, 2.75) is 110 Å². The van der Waals surface area contributed by atoms with Crippen molar-refractivity contribution in [1.29, 1.82) is 0 Å². The van der Waals surface area contributed by atoms with E-state index in [1.807, 2.05) is 0 Å². The number of unbranched alkanes of at least 4 members (excludes halogenated alkanes) is 10. The van der Waals surface area contributed by atoms with Crippen LogP contribution in [0, 0.1) is 0 Å². The average molecular weight is 382 g/mol. The molecule has 0 spiro atoms. The Balaban J connectivity index is 1.73. The van der Waals surface area contributed by atoms with E-state index < -0.39 is 0 Å². The van der Waals surface area contributed by atoms with Gasteiger partial charge in [0.05, 0.1) is 0 Å². The molecule has 0 amide bonds. The van der Waals surface area contributed by atoms with Crippen molar-refractivity contribution in [3.63, 3.8) is 0 Å². The Morgan fingerprint density at radius 3 is 1.93 bits per heavy atom. The number of benzene rings is 2. The molecule has 2 N–H and O–H groups in total. The molecule has 0 aromatic heterocycles. The summed E-state index contributed by atoms with van der Waals surface area (Å²) >= 11 is 0. The standard InChI is InChI=1S/C27H43N/c1-3-5-6-7-8-9-10-11-12-13-14-20-26(28)27-24(17-4-2)22-21-23-18-15-16-19-25(23)27/h15-16,18-19,21-22,26H,3-14,17,20,28H2,1-2H3. The summed E-state index contributed by atoms with van der Waals surface area (Å²) in [6.45, 7) is 4.55. The number of nitrogens with two attached hydrogens (primary N) is 1. The van der Waals surface area contributed by atoms with Crippen LogP contribution in [0.25, 0.3) is 10.8 Å². The van der Waals surface area contributed by atoms with E-state index in [1.54, 1.807) is 0 Å². The highest BCUT2D eigenvalue weighted by Crippen LogP contribution is 2.30. The molecular weight excluding hydrogens is 338 g/mol. The number of fused-ring (bicyclic) bond motifs is 1. The summed E-state index contributed by atoms with van der Waals surface area (Å²) in [6.07, 6.45) is 18.7. The van der Waals surface area contributed by atoms with Crippen molar-refractivity contribution >= 4 is 10.8 Å². The van der Waals surface area contributed by atoms with Crippen molar-refractivity contribution in [2.75, 3.05) is 0 Å². The van der Waals surface area contributed by atoms with Gasteiger partial charge in [-0.25, -0.2) is 0 Å². The molecule has 1 heteroatoms. The molecule has 0 aliphatic rings. The van der Waals surface area contributed by atoms with Crippen LogP contribution in [0.3, 0.4) is 0 Å². The topological polar surface area (TPSA) is 26.0 Å². The monoisotopic (exact) mass is 381 g/mol. The number of aryl methyl sites for hydroxylation is 1. The largest absolute Gasteiger partial charge is 0.324 e. The molecule has 1 unspecified atom stereocenters. The highest BCUT2D eigenvalue weighted by atomic mass is 14.6. The van der Waals surface area contributed by atoms with E-state index in [0.717, 1.165) is 12.8 Å². The first-order valence-corrected chi connectivity index (χ1v) is 12.0. The molecule has 0 aliphatic heterocycles. The summed E-state index contributed by atoms with van der Waals surface area (Å²) in [7, 11) is 0. The third-order valence-electron chi connectivity index (χ3n) is 6.07. The van der Waals surface area contributed by atoms with Gasteiger partial charge in [-0.2, -0.15) is 0 Å². The number of hydrogen-bond acceptors (Lipinski definition) is 1. The minimum Gasteiger partial charge on any atom is -0.324 e. The molecule has 156 valence electrons. The molecule has 2 aromatic carbocycles. The predicted molar refractivity (Wildman–Crippen MR) is 126 cm³/mol. The fourth-order valence-electron chi connectivity index (χ4n) is 4.44. The Bertz CT molecular complexity index is 660. The lowest BCUT2D eigenvalue weighted by atomic mass is 9.89. The van der Waals surface area contributed by atoms with Crippen LogP contribution in [0.2, 0.25) is 0 Å². The van der Waals surface area contributed by atoms with Gasteiger partial charge in [0.15, 0.2) is 0 Å². The van der Waals surface area contributed by atoms with Gasteiger partial charge in [0.25, 0.3) is 0 Å². The van der Waals surface area contributed by atoms with Crippen molar-refractivity contribution < 1.29 is 0 Å². The summed E-state index contributed by atoms with van der Waals surface area (Å²) in [5, 5.41) is 2.69. The summed E-state index contributed by atoms with van der Waals surface area (Å²) < 4.78 is 0. The molecular formula is C27H43N. The number of rotatable bonds is 15. The van der Waals surface area contributed by atoms with Gasteiger partial charge in [0.1, 0.15) is 0 Å². The fourth-order valence-corrected chi connectivity index (χ4v) is 4.44. The highest BCUT2D eigenvalue weighted by molar-refractivity contribution is 5.87. The van der Waals surface area contributed by atoms with Gasteiger partial charge in [-0.1, -0.05) is 127 Å². The van der Waals surface area contributed by atoms with E-state index in [2.05, 4.69) is 50.2 Å². The van der Waals surface area contributed by atoms with Gasteiger partial charge in [-0.15, -0.1) is 0 Å². The lowest BCUT2D eigenvalue weighted by Gasteiger charge is -2.19. The third-order valence-corrected chi connectivity index (χ3v) is 6.07. The molecule has 0 aliphatic carbocycles. The molecule has 0 heterocycles. The Hall–Kier alpha value is -1.34. The van der Waals surface area contributed by atoms with E-state index in [4.69, 9.17) is 5.73 Å². The van der Waals surface area contributed by atoms with Crippen LogP contribution in [0.15, 0.2) is 36.4 Å². The maximum Gasteiger partial charge on any atom is 0.0303 e. The molecule has 1 nitrogen and oxygen atoms in total. The molecule has 0 saturated carbocycles. The molecule has 1 atom stereocenters. The normalized spacial score (nSPS) is 12.5. The fraction of sp³-hybridized carbons (Fsp3) is 0.630. The number of hydrogen-bond donors (Lipinski definition) is 1. The Morgan fingerprint density at radius 1 is 0.679 bits per heavy atom. The highest BCUT2D eigenvalue weighted by Gasteiger charge is 2.14. The first-order valence-electron chi connectivity index (χ1n) is 12.0. The summed E-state index contributed by atoms with van der Waals surface area (Å²) in [4.78, 5) is 0. The zero-order valence-electron chi connectivity index (χ0n) is 18.5. The van der Waals surface area contributed by atoms with Crippen LogP contribution in [0.4, 0.5) is 0 Å². The van der Waals surface area contributed by atoms with Crippen LogP contribution in [0.5, 0.6) is 0 Å². The van der Waals surface area contributed by atoms with Gasteiger partial charge in [0, 0.05) is 6.04 Å². The third kappa shape index (κ3) is 7.59. The second kappa shape index (κ2) is 13.8. The second-order valence-corrected chi connectivity index (χ2v) is 8.54. The zero-order valence-corrected chi connectivity index (χ0v) is 18.5. The van der Waals surface area contributed by atoms with E-state index in [9.17, 15) is 0 Å². The first-order chi connectivity index (χ1) is 13.8. The van der Waals surface area contributed by atoms with Crippen LogP contribution < -0.4 is 5.73 Å². The quantitative estimate of drug-likeness (QED) is 0.307. The van der Waals surface area contributed by atoms with Crippen molar-refractivity contribution in [2.24, 2.45) is 5.73 Å². The maximum absolute atomic E-state index is 6.71. The van der Waals surface area contributed by atoms with E-state index in [1.165, 1.54) is 98.9 Å². The molecule has 0 radical (unpaired) electrons. The molecule has 2 aromatic rings.